The Morgan fingerprint density at radius 3 is 2.90 bits per heavy atom. The standard InChI is InChI=1S/C14H20O6/c1-14(2)19-9-6-8(7-15)11(16)13(12(9)20-14)18-10-4-3-5-17-10/h6,9-10,12-13,15H,3-5,7H2,1-2H3/t9-,10?,12-,13-/m0/s1. The summed E-state index contributed by atoms with van der Waals surface area (Å²) < 4.78 is 22.7. The van der Waals surface area contributed by atoms with Gasteiger partial charge in [-0.3, -0.25) is 4.79 Å². The summed E-state index contributed by atoms with van der Waals surface area (Å²) in [6.07, 6.45) is 1.30. The van der Waals surface area contributed by atoms with Crippen LogP contribution in [0, 0.1) is 0 Å². The normalized spacial score (nSPS) is 39.8. The first-order valence-corrected chi connectivity index (χ1v) is 6.98. The number of fused-ring (bicyclic) bond motifs is 1. The molecule has 0 amide bonds. The Hall–Kier alpha value is -0.790. The first-order chi connectivity index (χ1) is 9.50. The highest BCUT2D eigenvalue weighted by atomic mass is 16.8. The van der Waals surface area contributed by atoms with Crippen molar-refractivity contribution >= 4 is 5.78 Å². The number of ketones is 1. The van der Waals surface area contributed by atoms with Crippen LogP contribution in [0.3, 0.4) is 0 Å². The summed E-state index contributed by atoms with van der Waals surface area (Å²) in [6.45, 7) is 3.92. The van der Waals surface area contributed by atoms with Crippen LogP contribution in [0.25, 0.3) is 0 Å². The molecule has 6 heteroatoms. The van der Waals surface area contributed by atoms with Crippen LogP contribution in [0.5, 0.6) is 0 Å². The SMILES string of the molecule is CC1(C)O[C@H]2[C@H](C=C(CO)C(=O)[C@@H]2OC2CCCO2)O1. The molecule has 2 heterocycles. The van der Waals surface area contributed by atoms with Crippen molar-refractivity contribution in [2.75, 3.05) is 13.2 Å². The van der Waals surface area contributed by atoms with E-state index in [9.17, 15) is 9.90 Å². The lowest BCUT2D eigenvalue weighted by Gasteiger charge is -2.30. The van der Waals surface area contributed by atoms with Crippen molar-refractivity contribution in [2.24, 2.45) is 0 Å². The third-order valence-corrected chi connectivity index (χ3v) is 3.76. The molecule has 1 N–H and O–H groups in total. The molecule has 1 unspecified atom stereocenters. The fourth-order valence-electron chi connectivity index (χ4n) is 2.88. The van der Waals surface area contributed by atoms with Gasteiger partial charge in [0, 0.05) is 18.6 Å². The van der Waals surface area contributed by atoms with E-state index in [1.165, 1.54) is 0 Å². The predicted molar refractivity (Wildman–Crippen MR) is 67.8 cm³/mol. The summed E-state index contributed by atoms with van der Waals surface area (Å²) in [5.74, 6) is -1.01. The molecule has 20 heavy (non-hydrogen) atoms. The first-order valence-electron chi connectivity index (χ1n) is 6.98. The van der Waals surface area contributed by atoms with E-state index in [0.29, 0.717) is 12.2 Å². The molecule has 0 bridgehead atoms. The number of hydrogen-bond donors (Lipinski definition) is 1. The number of aliphatic hydroxyl groups excluding tert-OH is 1. The molecule has 0 aromatic rings. The summed E-state index contributed by atoms with van der Waals surface area (Å²) in [5, 5.41) is 9.32. The Labute approximate surface area is 117 Å². The molecule has 112 valence electrons. The topological polar surface area (TPSA) is 74.2 Å². The molecule has 4 atom stereocenters. The number of ether oxygens (including phenoxy) is 4. The summed E-state index contributed by atoms with van der Waals surface area (Å²) in [4.78, 5) is 12.4. The molecule has 3 rings (SSSR count). The van der Waals surface area contributed by atoms with E-state index < -0.39 is 18.0 Å². The Morgan fingerprint density at radius 2 is 2.25 bits per heavy atom. The molecule has 0 radical (unpaired) electrons. The van der Waals surface area contributed by atoms with Gasteiger partial charge < -0.3 is 24.1 Å². The fourth-order valence-corrected chi connectivity index (χ4v) is 2.88. The molecule has 0 aromatic carbocycles. The molecule has 0 saturated carbocycles. The lowest BCUT2D eigenvalue weighted by Crippen LogP contribution is -2.48. The number of Topliss-reactive ketones (excluding diaryl/α,β-unsaturated/α-hetero) is 1. The summed E-state index contributed by atoms with van der Waals surface area (Å²) in [5.41, 5.74) is 0.315. The minimum atomic E-state index is -0.781. The van der Waals surface area contributed by atoms with Crippen LogP contribution >= 0.6 is 0 Å². The molecular weight excluding hydrogens is 264 g/mol. The van der Waals surface area contributed by atoms with E-state index in [1.54, 1.807) is 19.9 Å². The highest BCUT2D eigenvalue weighted by molar-refractivity contribution is 6.00. The maximum atomic E-state index is 12.4. The molecule has 2 saturated heterocycles. The van der Waals surface area contributed by atoms with Crippen molar-refractivity contribution in [3.8, 4) is 0 Å². The number of aliphatic hydroxyl groups is 1. The highest BCUT2D eigenvalue weighted by Crippen LogP contribution is 2.36. The molecule has 1 aliphatic carbocycles. The van der Waals surface area contributed by atoms with Gasteiger partial charge in [0.2, 0.25) is 0 Å². The van der Waals surface area contributed by atoms with Gasteiger partial charge in [0.25, 0.3) is 0 Å². The van der Waals surface area contributed by atoms with Gasteiger partial charge in [-0.2, -0.15) is 0 Å². The minimum absolute atomic E-state index is 0.245. The van der Waals surface area contributed by atoms with Crippen molar-refractivity contribution in [2.45, 2.75) is 57.1 Å². The Bertz CT molecular complexity index is 423. The van der Waals surface area contributed by atoms with Gasteiger partial charge in [-0.15, -0.1) is 0 Å². The van der Waals surface area contributed by atoms with Gasteiger partial charge in [0.15, 0.2) is 24.0 Å². The van der Waals surface area contributed by atoms with Crippen LogP contribution < -0.4 is 0 Å². The van der Waals surface area contributed by atoms with Crippen LogP contribution in [0.4, 0.5) is 0 Å². The zero-order valence-electron chi connectivity index (χ0n) is 11.7. The average molecular weight is 284 g/mol. The molecule has 2 aliphatic heterocycles. The Kier molecular flexibility index (Phi) is 3.68. The van der Waals surface area contributed by atoms with E-state index >= 15 is 0 Å². The molecule has 6 nitrogen and oxygen atoms in total. The number of carbonyl (C=O) groups is 1. The van der Waals surface area contributed by atoms with Crippen LogP contribution in [-0.4, -0.2) is 54.5 Å². The summed E-state index contributed by atoms with van der Waals surface area (Å²) in [7, 11) is 0. The van der Waals surface area contributed by atoms with Crippen LogP contribution in [-0.2, 0) is 23.7 Å². The third kappa shape index (κ3) is 2.54. The van der Waals surface area contributed by atoms with Crippen molar-refractivity contribution < 1.29 is 28.8 Å². The zero-order chi connectivity index (χ0) is 14.3. The van der Waals surface area contributed by atoms with E-state index in [0.717, 1.165) is 12.8 Å². The second-order valence-electron chi connectivity index (χ2n) is 5.78. The minimum Gasteiger partial charge on any atom is -0.392 e. The predicted octanol–water partition coefficient (Wildman–Crippen LogP) is 0.530. The summed E-state index contributed by atoms with van der Waals surface area (Å²) in [6, 6.07) is 0. The molecule has 3 aliphatic rings. The number of hydrogen-bond acceptors (Lipinski definition) is 6. The lowest BCUT2D eigenvalue weighted by atomic mass is 9.91. The lowest BCUT2D eigenvalue weighted by molar-refractivity contribution is -0.195. The van der Waals surface area contributed by atoms with Crippen molar-refractivity contribution in [1.82, 2.24) is 0 Å². The third-order valence-electron chi connectivity index (χ3n) is 3.76. The number of carbonyl (C=O) groups excluding carboxylic acids is 1. The van der Waals surface area contributed by atoms with Gasteiger partial charge in [0.1, 0.15) is 12.2 Å². The van der Waals surface area contributed by atoms with Crippen LogP contribution in [0.15, 0.2) is 11.6 Å². The number of rotatable bonds is 3. The second kappa shape index (κ2) is 5.20. The van der Waals surface area contributed by atoms with Crippen molar-refractivity contribution in [3.63, 3.8) is 0 Å². The largest absolute Gasteiger partial charge is 0.392 e. The van der Waals surface area contributed by atoms with Crippen molar-refractivity contribution in [3.05, 3.63) is 11.6 Å². The molecule has 2 fully saturated rings. The van der Waals surface area contributed by atoms with Crippen molar-refractivity contribution in [1.29, 1.82) is 0 Å². The van der Waals surface area contributed by atoms with E-state index in [-0.39, 0.29) is 24.8 Å². The second-order valence-corrected chi connectivity index (χ2v) is 5.78. The average Bonchev–Trinajstić information content (AvgIpc) is 2.98. The Balaban J connectivity index is 1.82. The van der Waals surface area contributed by atoms with Crippen LogP contribution in [0.2, 0.25) is 0 Å². The molecule has 0 aromatic heterocycles. The molecule has 0 spiro atoms. The smallest absolute Gasteiger partial charge is 0.192 e. The maximum Gasteiger partial charge on any atom is 0.192 e. The van der Waals surface area contributed by atoms with E-state index in [2.05, 4.69) is 0 Å². The van der Waals surface area contributed by atoms with Crippen LogP contribution in [0.1, 0.15) is 26.7 Å². The van der Waals surface area contributed by atoms with Gasteiger partial charge >= 0.3 is 0 Å². The van der Waals surface area contributed by atoms with Gasteiger partial charge in [0.05, 0.1) is 6.61 Å². The molecular formula is C14H20O6. The monoisotopic (exact) mass is 284 g/mol. The fraction of sp³-hybridized carbons (Fsp3) is 0.786. The van der Waals surface area contributed by atoms with Gasteiger partial charge in [-0.1, -0.05) is 0 Å². The quantitative estimate of drug-likeness (QED) is 0.815. The zero-order valence-corrected chi connectivity index (χ0v) is 11.7. The highest BCUT2D eigenvalue weighted by Gasteiger charge is 2.51. The van der Waals surface area contributed by atoms with E-state index in [4.69, 9.17) is 18.9 Å². The van der Waals surface area contributed by atoms with E-state index in [1.807, 2.05) is 0 Å². The first kappa shape index (κ1) is 14.2. The maximum absolute atomic E-state index is 12.4. The summed E-state index contributed by atoms with van der Waals surface area (Å²) >= 11 is 0. The Morgan fingerprint density at radius 1 is 1.45 bits per heavy atom. The van der Waals surface area contributed by atoms with Gasteiger partial charge in [-0.25, -0.2) is 0 Å². The van der Waals surface area contributed by atoms with Gasteiger partial charge in [-0.05, 0) is 26.3 Å².